The quantitative estimate of drug-likeness (QED) is 0.0593. The maximum absolute atomic E-state index is 12.4. The molecule has 1 saturated heterocycles. The molecule has 0 spiro atoms. The fourth-order valence-corrected chi connectivity index (χ4v) is 8.39. The van der Waals surface area contributed by atoms with Crippen LogP contribution in [0.3, 0.4) is 0 Å². The number of ether oxygens (including phenoxy) is 2. The number of carbonyl (C=O) groups is 3. The van der Waals surface area contributed by atoms with Gasteiger partial charge in [-0.25, -0.2) is 4.63 Å². The van der Waals surface area contributed by atoms with Crippen LogP contribution in [-0.2, 0) is 23.9 Å². The van der Waals surface area contributed by atoms with E-state index in [-0.39, 0.29) is 71.7 Å². The lowest BCUT2D eigenvalue weighted by molar-refractivity contribution is -0.383. The Morgan fingerprint density at radius 3 is 2.40 bits per heavy atom. The number of benzene rings is 2. The molecule has 0 aliphatic carbocycles. The molecule has 1 fully saturated rings. The zero-order chi connectivity index (χ0) is 36.9. The number of rotatable bonds is 21. The van der Waals surface area contributed by atoms with Crippen molar-refractivity contribution in [2.24, 2.45) is 4.99 Å². The van der Waals surface area contributed by atoms with Crippen LogP contribution in [0.1, 0.15) is 24.8 Å². The number of carboxylic acid groups (broad SMARTS) is 1. The molecule has 2 aliphatic heterocycles. The van der Waals surface area contributed by atoms with Gasteiger partial charge < -0.3 is 35.6 Å². The summed E-state index contributed by atoms with van der Waals surface area (Å²) in [7, 11) is 0. The molecule has 20 heteroatoms. The first kappa shape index (κ1) is 38.7. The third-order valence-electron chi connectivity index (χ3n) is 8.16. The van der Waals surface area contributed by atoms with Crippen LogP contribution >= 0.6 is 23.5 Å². The molecular weight excluding hydrogens is 721 g/mol. The number of carboxylic acids is 1. The summed E-state index contributed by atoms with van der Waals surface area (Å²) in [5.74, 6) is -0.137. The topological polar surface area (TPSA) is 244 Å². The van der Waals surface area contributed by atoms with E-state index in [4.69, 9.17) is 14.5 Å². The number of aromatic nitrogens is 2. The Hall–Kier alpha value is -4.50. The molecule has 2 aromatic carbocycles. The van der Waals surface area contributed by atoms with E-state index < -0.39 is 16.9 Å². The summed E-state index contributed by atoms with van der Waals surface area (Å²) in [5.41, 5.74) is 1.34. The van der Waals surface area contributed by atoms with Crippen molar-refractivity contribution in [1.29, 1.82) is 0 Å². The predicted octanol–water partition coefficient (Wildman–Crippen LogP) is 2.07. The molecule has 2 aliphatic rings. The molecule has 1 unspecified atom stereocenters. The number of phenols is 1. The molecule has 3 heterocycles. The number of non-ortho nitro benzene ring substituents is 1. The summed E-state index contributed by atoms with van der Waals surface area (Å²) < 4.78 is 15.6. The molecule has 3 aromatic rings. The molecule has 5 rings (SSSR count). The van der Waals surface area contributed by atoms with Crippen molar-refractivity contribution in [1.82, 2.24) is 25.8 Å². The van der Waals surface area contributed by atoms with Gasteiger partial charge in [-0.05, 0) is 34.9 Å². The number of aromatic hydroxyl groups is 1. The van der Waals surface area contributed by atoms with E-state index >= 15 is 0 Å². The molecule has 2 amide bonds. The number of nitro groups is 1. The summed E-state index contributed by atoms with van der Waals surface area (Å²) >= 11 is 3.12. The Bertz CT molecular complexity index is 1740. The Balaban J connectivity index is 0.892. The van der Waals surface area contributed by atoms with Crippen LogP contribution < -0.4 is 16.0 Å². The Labute approximate surface area is 306 Å². The number of carbonyl (C=O) groups excluding carboxylic acids is 2. The third-order valence-corrected chi connectivity index (χ3v) is 10.7. The standard InChI is InChI=1S/C32H40N8O10S2/c41-25-5-2-1-4-20(25)30-36-22(18-51-30)31-39(24(19-52-31)32(44)45)13-3-10-34-26(42)8-9-27(43)35-12-15-49-17-16-48-14-11-33-21-6-7-23(40(46)47)29-28(21)37-50-38-29/h1-2,4-7,22,24,31,33,41H,3,8-19H2,(H,34,42)(H,35,43)(H,44,45)/t22-,24+,31?/m1/s1. The lowest BCUT2D eigenvalue weighted by Gasteiger charge is -2.29. The number of phenolic OH excluding ortho intramolecular Hbond substituents is 1. The number of nitro benzene ring substituents is 1. The van der Waals surface area contributed by atoms with Gasteiger partial charge in [0, 0.05) is 62.2 Å². The number of hydrogen-bond donors (Lipinski definition) is 5. The number of hydrogen-bond acceptors (Lipinski definition) is 16. The first-order valence-corrected chi connectivity index (χ1v) is 18.7. The van der Waals surface area contributed by atoms with E-state index in [1.54, 1.807) is 35.7 Å². The number of amides is 2. The fourth-order valence-electron chi connectivity index (χ4n) is 5.60. The van der Waals surface area contributed by atoms with E-state index in [1.807, 2.05) is 17.0 Å². The van der Waals surface area contributed by atoms with Gasteiger partial charge in [0.25, 0.3) is 0 Å². The molecule has 0 bridgehead atoms. The van der Waals surface area contributed by atoms with Crippen LogP contribution in [0.25, 0.3) is 11.0 Å². The lowest BCUT2D eigenvalue weighted by atomic mass is 10.2. The molecule has 3 atom stereocenters. The number of anilines is 1. The maximum atomic E-state index is 12.4. The number of nitrogens with zero attached hydrogens (tertiary/aromatic N) is 5. The summed E-state index contributed by atoms with van der Waals surface area (Å²) in [6, 6.07) is 9.10. The molecule has 5 N–H and O–H groups in total. The minimum absolute atomic E-state index is 0.0238. The molecule has 1 aromatic heterocycles. The predicted molar refractivity (Wildman–Crippen MR) is 194 cm³/mol. The number of nitrogens with one attached hydrogen (secondary N) is 3. The first-order valence-electron chi connectivity index (χ1n) is 16.6. The molecule has 0 radical (unpaired) electrons. The number of fused-ring (bicyclic) bond motifs is 1. The highest BCUT2D eigenvalue weighted by Gasteiger charge is 2.43. The van der Waals surface area contributed by atoms with Gasteiger partial charge in [0.15, 0.2) is 5.52 Å². The van der Waals surface area contributed by atoms with Gasteiger partial charge >= 0.3 is 11.7 Å². The van der Waals surface area contributed by atoms with Crippen LogP contribution in [0.5, 0.6) is 5.75 Å². The molecule has 18 nitrogen and oxygen atoms in total. The highest BCUT2D eigenvalue weighted by molar-refractivity contribution is 8.14. The molecule has 0 saturated carbocycles. The number of aliphatic imine (C=N–C) groups is 1. The SMILES string of the molecule is O=C(CCC(=O)NCCOCCOCCNc1ccc([N+](=O)[O-])c2nonc12)NCCCN1C([C@H]2CSC(c3ccccc3O)=N2)SC[C@H]1C(=O)O. The van der Waals surface area contributed by atoms with E-state index in [2.05, 4.69) is 30.9 Å². The lowest BCUT2D eigenvalue weighted by Crippen LogP contribution is -2.46. The number of thioether (sulfide) groups is 2. The van der Waals surface area contributed by atoms with E-state index in [0.717, 1.165) is 5.04 Å². The molecule has 280 valence electrons. The van der Waals surface area contributed by atoms with Crippen LogP contribution in [0.15, 0.2) is 46.0 Å². The van der Waals surface area contributed by atoms with Gasteiger partial charge in [0.2, 0.25) is 17.3 Å². The first-order chi connectivity index (χ1) is 25.2. The van der Waals surface area contributed by atoms with Gasteiger partial charge in [0.1, 0.15) is 16.8 Å². The van der Waals surface area contributed by atoms with Crippen molar-refractivity contribution in [3.8, 4) is 5.75 Å². The summed E-state index contributed by atoms with van der Waals surface area (Å²) in [6.07, 6.45) is 0.586. The third kappa shape index (κ3) is 10.5. The van der Waals surface area contributed by atoms with Crippen molar-refractivity contribution in [2.45, 2.75) is 36.7 Å². The Morgan fingerprint density at radius 2 is 1.67 bits per heavy atom. The number of aliphatic carboxylic acids is 1. The minimum atomic E-state index is -0.890. The second kappa shape index (κ2) is 19.4. The Morgan fingerprint density at radius 1 is 0.962 bits per heavy atom. The van der Waals surface area contributed by atoms with Crippen molar-refractivity contribution >= 4 is 68.8 Å². The smallest absolute Gasteiger partial charge is 0.321 e. The van der Waals surface area contributed by atoms with E-state index in [0.29, 0.717) is 68.6 Å². The van der Waals surface area contributed by atoms with Gasteiger partial charge in [-0.1, -0.05) is 12.1 Å². The summed E-state index contributed by atoms with van der Waals surface area (Å²) in [5, 5.41) is 47.7. The van der Waals surface area contributed by atoms with Crippen molar-refractivity contribution in [2.75, 3.05) is 69.4 Å². The van der Waals surface area contributed by atoms with E-state index in [1.165, 1.54) is 12.1 Å². The summed E-state index contributed by atoms with van der Waals surface area (Å²) in [6.45, 7) is 2.73. The molecular formula is C32H40N8O10S2. The van der Waals surface area contributed by atoms with Crippen LogP contribution in [0.2, 0.25) is 0 Å². The Kier molecular flexibility index (Phi) is 14.4. The second-order valence-electron chi connectivity index (χ2n) is 11.7. The van der Waals surface area contributed by atoms with Crippen molar-refractivity contribution in [3.63, 3.8) is 0 Å². The average Bonchev–Trinajstić information content (AvgIpc) is 3.90. The normalized spacial score (nSPS) is 18.7. The van der Waals surface area contributed by atoms with Gasteiger partial charge in [-0.15, -0.1) is 23.5 Å². The van der Waals surface area contributed by atoms with Crippen molar-refractivity contribution < 1.29 is 43.6 Å². The van der Waals surface area contributed by atoms with Gasteiger partial charge in [-0.3, -0.25) is 34.4 Å². The zero-order valence-corrected chi connectivity index (χ0v) is 29.7. The van der Waals surface area contributed by atoms with E-state index in [9.17, 15) is 34.7 Å². The van der Waals surface area contributed by atoms with Gasteiger partial charge in [-0.2, -0.15) is 0 Å². The monoisotopic (exact) mass is 760 g/mol. The highest BCUT2D eigenvalue weighted by atomic mass is 32.2. The van der Waals surface area contributed by atoms with Crippen LogP contribution in [-0.4, -0.2) is 135 Å². The minimum Gasteiger partial charge on any atom is -0.507 e. The second-order valence-corrected chi connectivity index (χ2v) is 13.9. The van der Waals surface area contributed by atoms with Crippen LogP contribution in [0, 0.1) is 10.1 Å². The highest BCUT2D eigenvalue weighted by Crippen LogP contribution is 2.38. The number of para-hydroxylation sites is 1. The van der Waals surface area contributed by atoms with Gasteiger partial charge in [0.05, 0.1) is 48.5 Å². The van der Waals surface area contributed by atoms with Crippen LogP contribution in [0.4, 0.5) is 11.4 Å². The summed E-state index contributed by atoms with van der Waals surface area (Å²) in [4.78, 5) is 53.8. The molecule has 52 heavy (non-hydrogen) atoms. The maximum Gasteiger partial charge on any atom is 0.321 e. The van der Waals surface area contributed by atoms with Crippen molar-refractivity contribution in [3.05, 3.63) is 52.1 Å². The average molecular weight is 761 g/mol. The largest absolute Gasteiger partial charge is 0.507 e. The fraction of sp³-hybridized carbons (Fsp3) is 0.500. The zero-order valence-electron chi connectivity index (χ0n) is 28.1.